The zero-order valence-corrected chi connectivity index (χ0v) is 15.6. The van der Waals surface area contributed by atoms with Crippen LogP contribution >= 0.6 is 0 Å². The minimum absolute atomic E-state index is 0.602. The third kappa shape index (κ3) is 4.19. The Morgan fingerprint density at radius 1 is 0.889 bits per heavy atom. The monoisotopic (exact) mass is 360 g/mol. The molecule has 1 saturated heterocycles. The van der Waals surface area contributed by atoms with Crippen LogP contribution in [0.4, 0.5) is 17.5 Å². The number of benzene rings is 2. The van der Waals surface area contributed by atoms with Crippen LogP contribution in [0.25, 0.3) is 11.3 Å². The minimum atomic E-state index is 0.602. The number of nitrogens with zero attached hydrogens (tertiary/aromatic N) is 3. The quantitative estimate of drug-likeness (QED) is 0.702. The SMILES string of the molecule is COc1cccc(Nc2nc(-c3ccccc3)cc(N3CCCCC3)n2)c1. The molecule has 138 valence electrons. The molecule has 1 fully saturated rings. The molecule has 0 radical (unpaired) electrons. The van der Waals surface area contributed by atoms with E-state index in [4.69, 9.17) is 14.7 Å². The first-order valence-electron chi connectivity index (χ1n) is 9.42. The van der Waals surface area contributed by atoms with Crippen molar-refractivity contribution in [3.05, 3.63) is 60.7 Å². The summed E-state index contributed by atoms with van der Waals surface area (Å²) in [5.74, 6) is 2.38. The predicted octanol–water partition coefficient (Wildman–Crippen LogP) is 4.89. The van der Waals surface area contributed by atoms with Crippen LogP contribution in [0.1, 0.15) is 19.3 Å². The summed E-state index contributed by atoms with van der Waals surface area (Å²) in [6.45, 7) is 2.09. The summed E-state index contributed by atoms with van der Waals surface area (Å²) < 4.78 is 5.32. The van der Waals surface area contributed by atoms with Gasteiger partial charge in [0.15, 0.2) is 0 Å². The summed E-state index contributed by atoms with van der Waals surface area (Å²) in [7, 11) is 1.67. The van der Waals surface area contributed by atoms with Crippen molar-refractivity contribution >= 4 is 17.5 Å². The Morgan fingerprint density at radius 2 is 1.70 bits per heavy atom. The second kappa shape index (κ2) is 8.08. The van der Waals surface area contributed by atoms with Gasteiger partial charge in [0.1, 0.15) is 11.6 Å². The summed E-state index contributed by atoms with van der Waals surface area (Å²) in [5.41, 5.74) is 2.92. The van der Waals surface area contributed by atoms with E-state index in [1.54, 1.807) is 7.11 Å². The highest BCUT2D eigenvalue weighted by Gasteiger charge is 2.15. The van der Waals surface area contributed by atoms with E-state index in [0.717, 1.165) is 41.6 Å². The van der Waals surface area contributed by atoms with E-state index in [-0.39, 0.29) is 0 Å². The van der Waals surface area contributed by atoms with E-state index in [2.05, 4.69) is 28.4 Å². The first kappa shape index (κ1) is 17.3. The first-order valence-corrected chi connectivity index (χ1v) is 9.42. The van der Waals surface area contributed by atoms with Gasteiger partial charge in [-0.3, -0.25) is 0 Å². The molecule has 1 aromatic heterocycles. The fourth-order valence-corrected chi connectivity index (χ4v) is 3.36. The van der Waals surface area contributed by atoms with Crippen LogP contribution in [0, 0.1) is 0 Å². The van der Waals surface area contributed by atoms with E-state index >= 15 is 0 Å². The minimum Gasteiger partial charge on any atom is -0.497 e. The smallest absolute Gasteiger partial charge is 0.229 e. The molecule has 0 aliphatic carbocycles. The zero-order chi connectivity index (χ0) is 18.5. The largest absolute Gasteiger partial charge is 0.497 e. The van der Waals surface area contributed by atoms with Gasteiger partial charge in [0.2, 0.25) is 5.95 Å². The van der Waals surface area contributed by atoms with Crippen LogP contribution in [0.3, 0.4) is 0 Å². The van der Waals surface area contributed by atoms with Crippen molar-refractivity contribution < 1.29 is 4.74 Å². The molecule has 3 aromatic rings. The second-order valence-corrected chi connectivity index (χ2v) is 6.71. The Labute approximate surface area is 160 Å². The lowest BCUT2D eigenvalue weighted by Gasteiger charge is -2.28. The molecule has 0 saturated carbocycles. The highest BCUT2D eigenvalue weighted by atomic mass is 16.5. The zero-order valence-electron chi connectivity index (χ0n) is 15.6. The number of piperidine rings is 1. The number of hydrogen-bond acceptors (Lipinski definition) is 5. The van der Waals surface area contributed by atoms with Gasteiger partial charge in [0, 0.05) is 36.5 Å². The third-order valence-electron chi connectivity index (χ3n) is 4.79. The van der Waals surface area contributed by atoms with Gasteiger partial charge < -0.3 is 15.0 Å². The maximum Gasteiger partial charge on any atom is 0.229 e. The van der Waals surface area contributed by atoms with E-state index in [1.165, 1.54) is 19.3 Å². The molecule has 0 spiro atoms. The third-order valence-corrected chi connectivity index (χ3v) is 4.79. The van der Waals surface area contributed by atoms with E-state index < -0.39 is 0 Å². The van der Waals surface area contributed by atoms with E-state index in [9.17, 15) is 0 Å². The van der Waals surface area contributed by atoms with Gasteiger partial charge in [0.05, 0.1) is 12.8 Å². The molecule has 27 heavy (non-hydrogen) atoms. The lowest BCUT2D eigenvalue weighted by atomic mass is 10.1. The van der Waals surface area contributed by atoms with Crippen molar-refractivity contribution in [2.45, 2.75) is 19.3 Å². The number of nitrogens with one attached hydrogen (secondary N) is 1. The highest BCUT2D eigenvalue weighted by Crippen LogP contribution is 2.27. The Kier molecular flexibility index (Phi) is 5.19. The van der Waals surface area contributed by atoms with Crippen molar-refractivity contribution in [1.29, 1.82) is 0 Å². The van der Waals surface area contributed by atoms with Crippen LogP contribution < -0.4 is 15.0 Å². The van der Waals surface area contributed by atoms with Gasteiger partial charge >= 0.3 is 0 Å². The highest BCUT2D eigenvalue weighted by molar-refractivity contribution is 5.67. The number of anilines is 3. The molecule has 4 rings (SSSR count). The summed E-state index contributed by atoms with van der Waals surface area (Å²) in [5, 5.41) is 3.34. The molecule has 5 heteroatoms. The van der Waals surface area contributed by atoms with Crippen LogP contribution in [0.15, 0.2) is 60.7 Å². The topological polar surface area (TPSA) is 50.3 Å². The molecule has 0 unspecified atom stereocenters. The molecule has 2 heterocycles. The van der Waals surface area contributed by atoms with Crippen molar-refractivity contribution in [2.75, 3.05) is 30.4 Å². The van der Waals surface area contributed by atoms with Gasteiger partial charge in [0.25, 0.3) is 0 Å². The number of rotatable bonds is 5. The normalized spacial score (nSPS) is 14.0. The fourth-order valence-electron chi connectivity index (χ4n) is 3.36. The summed E-state index contributed by atoms with van der Waals surface area (Å²) >= 11 is 0. The lowest BCUT2D eigenvalue weighted by molar-refractivity contribution is 0.415. The molecule has 5 nitrogen and oxygen atoms in total. The summed E-state index contributed by atoms with van der Waals surface area (Å²) in [6, 6.07) is 20.2. The van der Waals surface area contributed by atoms with Crippen molar-refractivity contribution in [2.24, 2.45) is 0 Å². The Hall–Kier alpha value is -3.08. The first-order chi connectivity index (χ1) is 13.3. The van der Waals surface area contributed by atoms with Crippen molar-refractivity contribution in [3.8, 4) is 17.0 Å². The molecule has 2 aromatic carbocycles. The molecular formula is C22H24N4O. The van der Waals surface area contributed by atoms with E-state index in [0.29, 0.717) is 5.95 Å². The van der Waals surface area contributed by atoms with E-state index in [1.807, 2.05) is 42.5 Å². The van der Waals surface area contributed by atoms with Gasteiger partial charge in [-0.25, -0.2) is 4.98 Å². The maximum absolute atomic E-state index is 5.32. The number of aromatic nitrogens is 2. The molecular weight excluding hydrogens is 336 g/mol. The maximum atomic E-state index is 5.32. The molecule has 1 N–H and O–H groups in total. The molecule has 1 aliphatic rings. The summed E-state index contributed by atoms with van der Waals surface area (Å²) in [6.07, 6.45) is 3.72. The van der Waals surface area contributed by atoms with Gasteiger partial charge in [-0.2, -0.15) is 4.98 Å². The lowest BCUT2D eigenvalue weighted by Crippen LogP contribution is -2.30. The number of methoxy groups -OCH3 is 1. The van der Waals surface area contributed by atoms with Gasteiger partial charge in [-0.15, -0.1) is 0 Å². The van der Waals surface area contributed by atoms with Gasteiger partial charge in [-0.1, -0.05) is 36.4 Å². The van der Waals surface area contributed by atoms with Crippen molar-refractivity contribution in [3.63, 3.8) is 0 Å². The van der Waals surface area contributed by atoms with Crippen LogP contribution in [-0.2, 0) is 0 Å². The van der Waals surface area contributed by atoms with Crippen LogP contribution in [-0.4, -0.2) is 30.2 Å². The Bertz CT molecular complexity index is 892. The molecule has 0 amide bonds. The average Bonchev–Trinajstić information content (AvgIpc) is 2.75. The fraction of sp³-hybridized carbons (Fsp3) is 0.273. The Morgan fingerprint density at radius 3 is 2.48 bits per heavy atom. The summed E-state index contributed by atoms with van der Waals surface area (Å²) in [4.78, 5) is 11.9. The Balaban J connectivity index is 1.70. The average molecular weight is 360 g/mol. The standard InChI is InChI=1S/C22H24N4O/c1-27-19-12-8-11-18(15-19)23-22-24-20(17-9-4-2-5-10-17)16-21(25-22)26-13-6-3-7-14-26/h2,4-5,8-12,15-16H,3,6-7,13-14H2,1H3,(H,23,24,25). The van der Waals surface area contributed by atoms with Crippen LogP contribution in [0.5, 0.6) is 5.75 Å². The molecule has 0 bridgehead atoms. The second-order valence-electron chi connectivity index (χ2n) is 6.71. The molecule has 0 atom stereocenters. The van der Waals surface area contributed by atoms with Crippen molar-refractivity contribution in [1.82, 2.24) is 9.97 Å². The number of hydrogen-bond donors (Lipinski definition) is 1. The number of ether oxygens (including phenoxy) is 1. The van der Waals surface area contributed by atoms with Gasteiger partial charge in [-0.05, 0) is 31.4 Å². The predicted molar refractivity (Wildman–Crippen MR) is 110 cm³/mol. The van der Waals surface area contributed by atoms with Crippen LogP contribution in [0.2, 0.25) is 0 Å². The molecule has 1 aliphatic heterocycles.